The van der Waals surface area contributed by atoms with Gasteiger partial charge in [0, 0.05) is 5.25 Å². The van der Waals surface area contributed by atoms with Gasteiger partial charge in [-0.3, -0.25) is 0 Å². The summed E-state index contributed by atoms with van der Waals surface area (Å²) in [5.41, 5.74) is 0. The largest absolute Gasteiger partial charge is 1.00 e. The molecule has 0 aliphatic heterocycles. The van der Waals surface area contributed by atoms with Gasteiger partial charge in [-0.15, -0.1) is 0 Å². The topological polar surface area (TPSA) is 77.4 Å². The zero-order chi connectivity index (χ0) is 21.8. The van der Waals surface area contributed by atoms with Crippen LogP contribution in [0, 0.1) is 0 Å². The molecule has 0 aromatic rings. The van der Waals surface area contributed by atoms with Gasteiger partial charge in [0.1, 0.15) is 0 Å². The van der Waals surface area contributed by atoms with Crippen LogP contribution in [0.1, 0.15) is 142 Å². The van der Waals surface area contributed by atoms with Crippen molar-refractivity contribution in [3.8, 4) is 0 Å². The molecule has 30 heavy (non-hydrogen) atoms. The number of hydrogen-bond donors (Lipinski definition) is 1. The molecule has 0 radical (unpaired) electrons. The first kappa shape index (κ1) is 33.0. The van der Waals surface area contributed by atoms with Crippen LogP contribution >= 0.6 is 0 Å². The molecule has 0 aliphatic carbocycles. The Morgan fingerprint density at radius 1 is 0.600 bits per heavy atom. The third-order valence-corrected chi connectivity index (χ3v) is 7.28. The van der Waals surface area contributed by atoms with Crippen molar-refractivity contribution >= 4 is 10.1 Å². The van der Waals surface area contributed by atoms with Crippen molar-refractivity contribution in [2.24, 2.45) is 0 Å². The molecule has 0 heterocycles. The Kier molecular flexibility index (Phi) is 25.4. The van der Waals surface area contributed by atoms with E-state index in [4.69, 9.17) is 0 Å². The summed E-state index contributed by atoms with van der Waals surface area (Å²) in [6, 6.07) is 0. The summed E-state index contributed by atoms with van der Waals surface area (Å²) < 4.78 is 34.4. The third kappa shape index (κ3) is 22.1. The van der Waals surface area contributed by atoms with Gasteiger partial charge in [-0.25, -0.2) is 8.42 Å². The first-order chi connectivity index (χ1) is 13.9. The van der Waals surface area contributed by atoms with Crippen LogP contribution in [0.15, 0.2) is 0 Å². The fraction of sp³-hybridized carbons (Fsp3) is 1.00. The van der Waals surface area contributed by atoms with Crippen LogP contribution in [-0.2, 0) is 10.1 Å². The van der Waals surface area contributed by atoms with Gasteiger partial charge in [-0.05, 0) is 25.7 Å². The summed E-state index contributed by atoms with van der Waals surface area (Å²) in [6.07, 6.45) is 20.6. The molecule has 1 N–H and O–H groups in total. The van der Waals surface area contributed by atoms with Crippen LogP contribution in [0.2, 0.25) is 0 Å². The number of aliphatic hydroxyl groups is 1. The molecule has 0 rings (SSSR count). The predicted molar refractivity (Wildman–Crippen MR) is 123 cm³/mol. The molecule has 2 unspecified atom stereocenters. The van der Waals surface area contributed by atoms with Crippen LogP contribution < -0.4 is 29.6 Å². The van der Waals surface area contributed by atoms with Crippen molar-refractivity contribution in [1.82, 2.24) is 0 Å². The van der Waals surface area contributed by atoms with Gasteiger partial charge in [0.25, 0.3) is 0 Å². The third-order valence-electron chi connectivity index (χ3n) is 5.99. The van der Waals surface area contributed by atoms with E-state index in [1.807, 2.05) is 0 Å². The molecule has 0 aromatic heterocycles. The molecule has 2 atom stereocenters. The van der Waals surface area contributed by atoms with Gasteiger partial charge in [-0.2, -0.15) is 0 Å². The molecule has 6 heteroatoms. The molecule has 0 aliphatic rings. The zero-order valence-corrected chi connectivity index (χ0v) is 23.2. The van der Waals surface area contributed by atoms with E-state index < -0.39 is 15.4 Å². The van der Waals surface area contributed by atoms with Gasteiger partial charge in [0.2, 0.25) is 0 Å². The van der Waals surface area contributed by atoms with Crippen LogP contribution in [0.25, 0.3) is 0 Å². The van der Waals surface area contributed by atoms with Crippen LogP contribution in [0.3, 0.4) is 0 Å². The van der Waals surface area contributed by atoms with E-state index in [9.17, 15) is 18.1 Å². The fourth-order valence-corrected chi connectivity index (χ4v) is 4.91. The average Bonchev–Trinajstić information content (AvgIpc) is 2.67. The maximum atomic E-state index is 11.5. The zero-order valence-electron chi connectivity index (χ0n) is 20.4. The summed E-state index contributed by atoms with van der Waals surface area (Å²) in [6.45, 7) is 4.38. The molecular formula is C24H49NaO4S. The van der Waals surface area contributed by atoms with E-state index in [0.717, 1.165) is 70.6 Å². The fourth-order valence-electron chi connectivity index (χ4n) is 4.00. The molecule has 0 saturated heterocycles. The molecular weight excluding hydrogens is 407 g/mol. The summed E-state index contributed by atoms with van der Waals surface area (Å²) in [5.74, 6) is 0. The quantitative estimate of drug-likeness (QED) is 0.151. The van der Waals surface area contributed by atoms with E-state index in [1.54, 1.807) is 0 Å². The normalized spacial score (nSPS) is 13.7. The predicted octanol–water partition coefficient (Wildman–Crippen LogP) is 4.11. The summed E-state index contributed by atoms with van der Waals surface area (Å²) in [4.78, 5) is 0. The Morgan fingerprint density at radius 3 is 1.23 bits per heavy atom. The van der Waals surface area contributed by atoms with Crippen LogP contribution in [-0.4, -0.2) is 29.4 Å². The average molecular weight is 457 g/mol. The monoisotopic (exact) mass is 456 g/mol. The summed E-state index contributed by atoms with van der Waals surface area (Å²) in [5, 5.41) is 9.38. The maximum absolute atomic E-state index is 11.5. The number of aliphatic hydroxyl groups excluding tert-OH is 1. The van der Waals surface area contributed by atoms with Crippen molar-refractivity contribution < 1.29 is 47.6 Å². The number of hydrogen-bond acceptors (Lipinski definition) is 4. The van der Waals surface area contributed by atoms with Crippen molar-refractivity contribution in [3.05, 3.63) is 0 Å². The Balaban J connectivity index is 0. The van der Waals surface area contributed by atoms with Gasteiger partial charge in [0.05, 0.1) is 16.2 Å². The van der Waals surface area contributed by atoms with E-state index in [2.05, 4.69) is 13.8 Å². The Hall–Kier alpha value is 0.870. The maximum Gasteiger partial charge on any atom is 1.00 e. The van der Waals surface area contributed by atoms with E-state index in [-0.39, 0.29) is 35.7 Å². The van der Waals surface area contributed by atoms with Crippen LogP contribution in [0.4, 0.5) is 0 Å². The summed E-state index contributed by atoms with van der Waals surface area (Å²) in [7, 11) is -4.17. The second-order valence-corrected chi connectivity index (χ2v) is 10.5. The molecule has 0 amide bonds. The molecule has 4 nitrogen and oxygen atoms in total. The Labute approximate surface area is 210 Å². The van der Waals surface area contributed by atoms with Crippen molar-refractivity contribution in [2.45, 2.75) is 154 Å². The minimum atomic E-state index is -4.17. The standard InChI is InChI=1S/C24H50O4S.Na/c1-3-5-7-9-10-12-15-19-23(25)20-16-13-14-18-22-24(29(26,27)28)21-17-11-8-6-4-2;/h23-25H,3-22H2,1-2H3,(H,26,27,28);/q;+1/p-1. The molecule has 0 aromatic carbocycles. The Morgan fingerprint density at radius 2 is 0.900 bits per heavy atom. The van der Waals surface area contributed by atoms with Gasteiger partial charge in [-0.1, -0.05) is 117 Å². The van der Waals surface area contributed by atoms with Crippen LogP contribution in [0.5, 0.6) is 0 Å². The molecule has 176 valence electrons. The molecule has 0 bridgehead atoms. The number of rotatable bonds is 22. The van der Waals surface area contributed by atoms with E-state index in [0.29, 0.717) is 12.8 Å². The second-order valence-electron chi connectivity index (χ2n) is 8.87. The SMILES string of the molecule is CCCCCCCCCC(O)CCCCCCC(CCCCCCC)S(=O)(=O)[O-].[Na+]. The van der Waals surface area contributed by atoms with Crippen molar-refractivity contribution in [1.29, 1.82) is 0 Å². The van der Waals surface area contributed by atoms with Gasteiger partial charge in [0.15, 0.2) is 0 Å². The Bertz CT molecular complexity index is 442. The van der Waals surface area contributed by atoms with Gasteiger partial charge < -0.3 is 9.66 Å². The summed E-state index contributed by atoms with van der Waals surface area (Å²) >= 11 is 0. The smallest absolute Gasteiger partial charge is 0.748 e. The van der Waals surface area contributed by atoms with E-state index >= 15 is 0 Å². The van der Waals surface area contributed by atoms with Crippen molar-refractivity contribution in [3.63, 3.8) is 0 Å². The molecule has 0 saturated carbocycles. The minimum absolute atomic E-state index is 0. The molecule has 0 spiro atoms. The molecule has 0 fully saturated rings. The van der Waals surface area contributed by atoms with E-state index in [1.165, 1.54) is 44.9 Å². The second kappa shape index (κ2) is 23.0. The first-order valence-corrected chi connectivity index (χ1v) is 14.0. The minimum Gasteiger partial charge on any atom is -0.748 e. The van der Waals surface area contributed by atoms with Crippen molar-refractivity contribution in [2.75, 3.05) is 0 Å². The van der Waals surface area contributed by atoms with Gasteiger partial charge >= 0.3 is 29.6 Å². The first-order valence-electron chi connectivity index (χ1n) is 12.5. The number of unbranched alkanes of at least 4 members (excludes halogenated alkanes) is 13.